The molecule has 0 saturated carbocycles. The number of benzene rings is 1. The highest BCUT2D eigenvalue weighted by molar-refractivity contribution is 7.89. The van der Waals surface area contributed by atoms with Gasteiger partial charge in [0.1, 0.15) is 0 Å². The predicted octanol–water partition coefficient (Wildman–Crippen LogP) is -0.449. The Morgan fingerprint density at radius 1 is 1.11 bits per heavy atom. The van der Waals surface area contributed by atoms with Gasteiger partial charge in [-0.3, -0.25) is 24.1 Å². The number of hydrogen-bond donors (Lipinski definition) is 5. The lowest BCUT2D eigenvalue weighted by molar-refractivity contribution is -0.171. The van der Waals surface area contributed by atoms with Crippen molar-refractivity contribution in [3.8, 4) is 23.2 Å². The summed E-state index contributed by atoms with van der Waals surface area (Å²) >= 11 is 0. The average Bonchev–Trinajstić information content (AvgIpc) is 3.01. The van der Waals surface area contributed by atoms with E-state index in [-0.39, 0.29) is 5.69 Å². The Balaban J connectivity index is 2.17. The number of aromatic hydroxyl groups is 3. The fourth-order valence-corrected chi connectivity index (χ4v) is 3.86. The van der Waals surface area contributed by atoms with Crippen molar-refractivity contribution in [1.82, 2.24) is 9.63 Å². The minimum Gasteiger partial charge on any atom is -0.503 e. The molecule has 1 atom stereocenters. The number of nitrogens with zero attached hydrogens (tertiary/aromatic N) is 2. The summed E-state index contributed by atoms with van der Waals surface area (Å²) in [6.07, 6.45) is -1.31. The summed E-state index contributed by atoms with van der Waals surface area (Å²) in [5, 5.41) is 37.8. The minimum absolute atomic E-state index is 0.121. The van der Waals surface area contributed by atoms with E-state index in [1.807, 2.05) is 0 Å². The monoisotopic (exact) mass is 412 g/mol. The van der Waals surface area contributed by atoms with Gasteiger partial charge in [0.05, 0.1) is 12.1 Å². The van der Waals surface area contributed by atoms with Gasteiger partial charge in [0.25, 0.3) is 21.9 Å². The predicted molar refractivity (Wildman–Crippen MR) is 87.6 cm³/mol. The molecule has 1 aromatic carbocycles. The third-order valence-corrected chi connectivity index (χ3v) is 5.67. The van der Waals surface area contributed by atoms with Crippen LogP contribution in [0.3, 0.4) is 0 Å². The van der Waals surface area contributed by atoms with Crippen molar-refractivity contribution < 1.29 is 47.9 Å². The van der Waals surface area contributed by atoms with Crippen molar-refractivity contribution in [3.63, 3.8) is 0 Å². The van der Waals surface area contributed by atoms with Crippen molar-refractivity contribution in [1.29, 1.82) is 0 Å². The zero-order valence-electron chi connectivity index (χ0n) is 13.7. The van der Waals surface area contributed by atoms with Gasteiger partial charge in [-0.2, -0.15) is 13.5 Å². The molecule has 1 fully saturated rings. The van der Waals surface area contributed by atoms with Crippen LogP contribution < -0.4 is 0 Å². The van der Waals surface area contributed by atoms with E-state index in [0.717, 1.165) is 18.2 Å². The van der Waals surface area contributed by atoms with E-state index in [2.05, 4.69) is 0 Å². The molecule has 0 bridgehead atoms. The highest BCUT2D eigenvalue weighted by Gasteiger charge is 2.65. The van der Waals surface area contributed by atoms with E-state index in [1.54, 1.807) is 0 Å². The molecule has 0 spiro atoms. The molecule has 5 N–H and O–H groups in total. The van der Waals surface area contributed by atoms with E-state index in [9.17, 15) is 47.9 Å². The zero-order valence-corrected chi connectivity index (χ0v) is 14.5. The molecule has 0 aliphatic carbocycles. The highest BCUT2D eigenvalue weighted by atomic mass is 32.2. The molecule has 2 amide bonds. The van der Waals surface area contributed by atoms with Gasteiger partial charge < -0.3 is 15.3 Å². The van der Waals surface area contributed by atoms with Crippen LogP contribution in [-0.4, -0.2) is 65.5 Å². The SMILES string of the molecule is O=C1CC(C(=O)c2cccc(-n3c(O)cc(O)c3O)c2)(S(=O)(=O)O)C(=O)N1O. The van der Waals surface area contributed by atoms with Crippen LogP contribution >= 0.6 is 0 Å². The lowest BCUT2D eigenvalue weighted by Gasteiger charge is -2.21. The van der Waals surface area contributed by atoms with Crippen molar-refractivity contribution in [2.75, 3.05) is 0 Å². The van der Waals surface area contributed by atoms with E-state index >= 15 is 0 Å². The maximum Gasteiger partial charge on any atom is 0.288 e. The summed E-state index contributed by atoms with van der Waals surface area (Å²) in [7, 11) is -5.48. The van der Waals surface area contributed by atoms with Crippen molar-refractivity contribution in [2.45, 2.75) is 11.2 Å². The molecule has 0 radical (unpaired) electrons. The summed E-state index contributed by atoms with van der Waals surface area (Å²) in [5.41, 5.74) is -0.622. The maximum atomic E-state index is 12.8. The molecule has 1 aromatic heterocycles. The smallest absolute Gasteiger partial charge is 0.288 e. The molecule has 148 valence electrons. The Kier molecular flexibility index (Phi) is 4.18. The first-order valence-electron chi connectivity index (χ1n) is 7.43. The summed E-state index contributed by atoms with van der Waals surface area (Å²) in [6.45, 7) is 0. The van der Waals surface area contributed by atoms with Crippen LogP contribution in [0.25, 0.3) is 5.69 Å². The third-order valence-electron chi connectivity index (χ3n) is 4.28. The quantitative estimate of drug-likeness (QED) is 0.144. The maximum absolute atomic E-state index is 12.8. The lowest BCUT2D eigenvalue weighted by atomic mass is 9.94. The average molecular weight is 412 g/mol. The van der Waals surface area contributed by atoms with Gasteiger partial charge in [0.2, 0.25) is 16.5 Å². The van der Waals surface area contributed by atoms with Crippen LogP contribution in [0.2, 0.25) is 0 Å². The van der Waals surface area contributed by atoms with Crippen molar-refractivity contribution in [3.05, 3.63) is 35.9 Å². The third kappa shape index (κ3) is 2.52. The van der Waals surface area contributed by atoms with Gasteiger partial charge >= 0.3 is 0 Å². The number of carbonyl (C=O) groups is 3. The number of imide groups is 1. The Bertz CT molecular complexity index is 1140. The second kappa shape index (κ2) is 6.05. The standard InChI is InChI=1S/C15H12N2O10S/c18-9-5-10(19)16(13(9)22)8-3-1-2-7(4-8)12(21)15(28(25,26)27)6-11(20)17(24)14(15)23/h1-5,18-19,22,24H,6H2,(H,25,26,27). The number of rotatable bonds is 4. The summed E-state index contributed by atoms with van der Waals surface area (Å²) in [6, 6.07) is 5.23. The van der Waals surface area contributed by atoms with Crippen LogP contribution in [0.15, 0.2) is 30.3 Å². The molecule has 1 aliphatic rings. The number of aromatic nitrogens is 1. The fourth-order valence-electron chi connectivity index (χ4n) is 2.89. The molecule has 1 unspecified atom stereocenters. The van der Waals surface area contributed by atoms with E-state index in [4.69, 9.17) is 0 Å². The number of ketones is 1. The molecular weight excluding hydrogens is 400 g/mol. The van der Waals surface area contributed by atoms with Crippen molar-refractivity contribution >= 4 is 27.7 Å². The molecule has 1 saturated heterocycles. The van der Waals surface area contributed by atoms with Gasteiger partial charge in [-0.05, 0) is 12.1 Å². The number of carbonyl (C=O) groups excluding carboxylic acids is 3. The number of amides is 2. The largest absolute Gasteiger partial charge is 0.503 e. The van der Waals surface area contributed by atoms with E-state index < -0.39 is 67.0 Å². The molecule has 12 nitrogen and oxygen atoms in total. The number of hydrogen-bond acceptors (Lipinski definition) is 9. The summed E-state index contributed by atoms with van der Waals surface area (Å²) in [5.74, 6) is -6.85. The minimum atomic E-state index is -5.48. The van der Waals surface area contributed by atoms with Gasteiger partial charge in [-0.25, -0.2) is 4.57 Å². The lowest BCUT2D eigenvalue weighted by Crippen LogP contribution is -2.52. The Morgan fingerprint density at radius 2 is 1.75 bits per heavy atom. The first kappa shape index (κ1) is 19.3. The van der Waals surface area contributed by atoms with E-state index in [1.165, 1.54) is 12.1 Å². The summed E-state index contributed by atoms with van der Waals surface area (Å²) < 4.78 is 30.6. The topological polar surface area (TPSA) is 195 Å². The molecular formula is C15H12N2O10S. The second-order valence-electron chi connectivity index (χ2n) is 5.92. The molecule has 2 heterocycles. The highest BCUT2D eigenvalue weighted by Crippen LogP contribution is 2.38. The number of hydroxylamine groups is 2. The van der Waals surface area contributed by atoms with Gasteiger partial charge in [0.15, 0.2) is 11.5 Å². The van der Waals surface area contributed by atoms with Crippen LogP contribution in [-0.2, 0) is 19.7 Å². The second-order valence-corrected chi connectivity index (χ2v) is 7.56. The Labute approximate surface area is 156 Å². The first-order valence-corrected chi connectivity index (χ1v) is 8.87. The van der Waals surface area contributed by atoms with Gasteiger partial charge in [0, 0.05) is 11.6 Å². The molecule has 2 aromatic rings. The van der Waals surface area contributed by atoms with Crippen LogP contribution in [0, 0.1) is 0 Å². The van der Waals surface area contributed by atoms with Crippen LogP contribution in [0.5, 0.6) is 17.5 Å². The molecule has 13 heteroatoms. The van der Waals surface area contributed by atoms with E-state index in [0.29, 0.717) is 4.57 Å². The Hall–Kier alpha value is -3.42. The van der Waals surface area contributed by atoms with Crippen molar-refractivity contribution in [2.24, 2.45) is 0 Å². The van der Waals surface area contributed by atoms with Crippen LogP contribution in [0.4, 0.5) is 0 Å². The zero-order chi connectivity index (χ0) is 21.0. The molecule has 1 aliphatic heterocycles. The normalized spacial score (nSPS) is 20.0. The molecule has 3 rings (SSSR count). The number of Topliss-reactive ketones (excluding diaryl/α,β-unsaturated/α-hetero) is 1. The fraction of sp³-hybridized carbons (Fsp3) is 0.133. The Morgan fingerprint density at radius 3 is 2.21 bits per heavy atom. The van der Waals surface area contributed by atoms with Gasteiger partial charge in [-0.1, -0.05) is 12.1 Å². The van der Waals surface area contributed by atoms with Crippen LogP contribution in [0.1, 0.15) is 16.8 Å². The van der Waals surface area contributed by atoms with Gasteiger partial charge in [-0.15, -0.1) is 0 Å². The first-order chi connectivity index (χ1) is 12.9. The summed E-state index contributed by atoms with van der Waals surface area (Å²) in [4.78, 5) is 36.6. The molecule has 28 heavy (non-hydrogen) atoms.